The Kier molecular flexibility index (Phi) is 4.34. The molecule has 0 aromatic heterocycles. The standard InChI is InChI=1S/C18H18O4/c1-18(2)15(22-3)10-14(20)16(17(18)21)13(11-19)9-12-7-5-4-6-8-12/h4-8,10,20H,9H2,1-3H3. The third kappa shape index (κ3) is 2.74. The summed E-state index contributed by atoms with van der Waals surface area (Å²) in [5.74, 6) is 1.57. The first kappa shape index (κ1) is 15.8. The van der Waals surface area contributed by atoms with Gasteiger partial charge in [0.05, 0.1) is 23.7 Å². The molecule has 0 radical (unpaired) electrons. The molecule has 0 amide bonds. The molecule has 1 aromatic rings. The summed E-state index contributed by atoms with van der Waals surface area (Å²) in [6.07, 6.45) is 1.63. The third-order valence-electron chi connectivity index (χ3n) is 3.80. The number of aliphatic hydroxyl groups excluding tert-OH is 1. The first-order valence-corrected chi connectivity index (χ1v) is 6.94. The van der Waals surface area contributed by atoms with E-state index in [4.69, 9.17) is 4.74 Å². The molecule has 0 heterocycles. The van der Waals surface area contributed by atoms with Crippen LogP contribution in [0.1, 0.15) is 19.4 Å². The fourth-order valence-corrected chi connectivity index (χ4v) is 2.50. The van der Waals surface area contributed by atoms with Gasteiger partial charge in [-0.2, -0.15) is 0 Å². The summed E-state index contributed by atoms with van der Waals surface area (Å²) < 4.78 is 5.17. The van der Waals surface area contributed by atoms with Crippen molar-refractivity contribution >= 4 is 11.7 Å². The van der Waals surface area contributed by atoms with Gasteiger partial charge in [-0.1, -0.05) is 30.3 Å². The zero-order valence-corrected chi connectivity index (χ0v) is 12.8. The summed E-state index contributed by atoms with van der Waals surface area (Å²) in [7, 11) is 1.44. The van der Waals surface area contributed by atoms with Gasteiger partial charge in [-0.3, -0.25) is 4.79 Å². The molecule has 0 saturated carbocycles. The van der Waals surface area contributed by atoms with Crippen molar-refractivity contribution < 1.29 is 19.4 Å². The summed E-state index contributed by atoms with van der Waals surface area (Å²) in [6, 6.07) is 9.27. The maximum absolute atomic E-state index is 12.7. The predicted molar refractivity (Wildman–Crippen MR) is 82.9 cm³/mol. The molecule has 0 atom stereocenters. The number of ether oxygens (including phenoxy) is 1. The Morgan fingerprint density at radius 2 is 1.91 bits per heavy atom. The lowest BCUT2D eigenvalue weighted by Crippen LogP contribution is -2.33. The van der Waals surface area contributed by atoms with Crippen LogP contribution in [0.25, 0.3) is 0 Å². The van der Waals surface area contributed by atoms with E-state index in [0.29, 0.717) is 5.76 Å². The van der Waals surface area contributed by atoms with Crippen LogP contribution in [0.5, 0.6) is 0 Å². The molecule has 1 aliphatic rings. The molecule has 0 saturated heterocycles. The average Bonchev–Trinajstić information content (AvgIpc) is 2.51. The maximum atomic E-state index is 12.7. The molecule has 1 aliphatic carbocycles. The Morgan fingerprint density at radius 1 is 1.27 bits per heavy atom. The van der Waals surface area contributed by atoms with Gasteiger partial charge in [0.1, 0.15) is 17.5 Å². The average molecular weight is 298 g/mol. The highest BCUT2D eigenvalue weighted by Crippen LogP contribution is 2.38. The van der Waals surface area contributed by atoms with E-state index >= 15 is 0 Å². The van der Waals surface area contributed by atoms with Crippen LogP contribution in [-0.2, 0) is 20.7 Å². The Bertz CT molecular complexity index is 702. The Labute approximate surface area is 129 Å². The first-order chi connectivity index (χ1) is 10.4. The number of benzene rings is 1. The number of hydrogen-bond donors (Lipinski definition) is 1. The minimum absolute atomic E-state index is 0.0182. The van der Waals surface area contributed by atoms with Gasteiger partial charge in [0.25, 0.3) is 0 Å². The van der Waals surface area contributed by atoms with Crippen molar-refractivity contribution in [3.05, 3.63) is 64.6 Å². The minimum atomic E-state index is -0.935. The summed E-state index contributed by atoms with van der Waals surface area (Å²) in [4.78, 5) is 24.0. The number of aliphatic hydroxyl groups is 1. The molecule has 0 bridgehead atoms. The monoisotopic (exact) mass is 298 g/mol. The molecule has 0 aliphatic heterocycles. The Hall–Kier alpha value is -2.58. The number of hydrogen-bond acceptors (Lipinski definition) is 4. The highest BCUT2D eigenvalue weighted by atomic mass is 16.5. The Balaban J connectivity index is 2.47. The fourth-order valence-electron chi connectivity index (χ4n) is 2.50. The second-order valence-corrected chi connectivity index (χ2v) is 5.67. The number of ketones is 1. The van der Waals surface area contributed by atoms with Crippen molar-refractivity contribution in [3.63, 3.8) is 0 Å². The summed E-state index contributed by atoms with van der Waals surface area (Å²) >= 11 is 0. The van der Waals surface area contributed by atoms with Crippen LogP contribution in [0.4, 0.5) is 0 Å². The molecule has 0 fully saturated rings. The van der Waals surface area contributed by atoms with E-state index in [-0.39, 0.29) is 29.1 Å². The zero-order valence-electron chi connectivity index (χ0n) is 12.8. The predicted octanol–water partition coefficient (Wildman–Crippen LogP) is 2.94. The van der Waals surface area contributed by atoms with E-state index in [2.05, 4.69) is 0 Å². The van der Waals surface area contributed by atoms with Crippen LogP contribution < -0.4 is 0 Å². The molecular weight excluding hydrogens is 280 g/mol. The lowest BCUT2D eigenvalue weighted by atomic mass is 9.75. The topological polar surface area (TPSA) is 63.6 Å². The van der Waals surface area contributed by atoms with Crippen molar-refractivity contribution in [3.8, 4) is 0 Å². The molecule has 1 N–H and O–H groups in total. The number of Topliss-reactive ketones (excluding diaryl/α,β-unsaturated/α-hetero) is 1. The van der Waals surface area contributed by atoms with Crippen molar-refractivity contribution in [2.24, 2.45) is 5.41 Å². The minimum Gasteiger partial charge on any atom is -0.507 e. The van der Waals surface area contributed by atoms with Gasteiger partial charge >= 0.3 is 0 Å². The molecular formula is C18H18O4. The maximum Gasteiger partial charge on any atom is 0.180 e. The van der Waals surface area contributed by atoms with Crippen molar-refractivity contribution in [1.29, 1.82) is 0 Å². The van der Waals surface area contributed by atoms with Crippen molar-refractivity contribution in [1.82, 2.24) is 0 Å². The van der Waals surface area contributed by atoms with E-state index in [0.717, 1.165) is 5.56 Å². The normalized spacial score (nSPS) is 16.9. The number of rotatable bonds is 4. The van der Waals surface area contributed by atoms with Crippen LogP contribution in [0, 0.1) is 5.41 Å². The van der Waals surface area contributed by atoms with Crippen molar-refractivity contribution in [2.45, 2.75) is 20.3 Å². The fraction of sp³-hybridized carbons (Fsp3) is 0.278. The summed E-state index contributed by atoms with van der Waals surface area (Å²) in [6.45, 7) is 3.39. The quantitative estimate of drug-likeness (QED) is 0.868. The second-order valence-electron chi connectivity index (χ2n) is 5.67. The lowest BCUT2D eigenvalue weighted by molar-refractivity contribution is -0.123. The van der Waals surface area contributed by atoms with Gasteiger partial charge in [0.2, 0.25) is 0 Å². The highest BCUT2D eigenvalue weighted by molar-refractivity contribution is 6.08. The molecule has 2 rings (SSSR count). The van der Waals surface area contributed by atoms with E-state index in [9.17, 15) is 14.7 Å². The second kappa shape index (κ2) is 6.04. The van der Waals surface area contributed by atoms with Gasteiger partial charge in [-0.25, -0.2) is 4.79 Å². The van der Waals surface area contributed by atoms with Gasteiger partial charge in [0, 0.05) is 12.5 Å². The number of carbonyl (C=O) groups excluding carboxylic acids is 2. The molecule has 4 nitrogen and oxygen atoms in total. The molecule has 1 aromatic carbocycles. The molecule has 4 heteroatoms. The van der Waals surface area contributed by atoms with Gasteiger partial charge < -0.3 is 9.84 Å². The SMILES string of the molecule is COC1=CC(O)=C(C(=C=O)Cc2ccccc2)C(=O)C1(C)C. The highest BCUT2D eigenvalue weighted by Gasteiger charge is 2.41. The van der Waals surface area contributed by atoms with Crippen LogP contribution >= 0.6 is 0 Å². The van der Waals surface area contributed by atoms with E-state index in [1.807, 2.05) is 36.3 Å². The molecule has 22 heavy (non-hydrogen) atoms. The molecule has 0 spiro atoms. The van der Waals surface area contributed by atoms with Crippen LogP contribution in [0.3, 0.4) is 0 Å². The smallest absolute Gasteiger partial charge is 0.180 e. The third-order valence-corrected chi connectivity index (χ3v) is 3.80. The summed E-state index contributed by atoms with van der Waals surface area (Å²) in [5, 5.41) is 10.2. The molecule has 0 unspecified atom stereocenters. The van der Waals surface area contributed by atoms with E-state index < -0.39 is 5.41 Å². The Morgan fingerprint density at radius 3 is 2.45 bits per heavy atom. The number of methoxy groups -OCH3 is 1. The van der Waals surface area contributed by atoms with Crippen LogP contribution in [0.15, 0.2) is 59.1 Å². The van der Waals surface area contributed by atoms with Gasteiger partial charge in [-0.15, -0.1) is 0 Å². The van der Waals surface area contributed by atoms with Crippen LogP contribution in [0.2, 0.25) is 0 Å². The van der Waals surface area contributed by atoms with Gasteiger partial charge in [0.15, 0.2) is 5.78 Å². The number of allylic oxidation sites excluding steroid dienone is 4. The largest absolute Gasteiger partial charge is 0.507 e. The van der Waals surface area contributed by atoms with E-state index in [1.54, 1.807) is 13.8 Å². The van der Waals surface area contributed by atoms with Crippen LogP contribution in [-0.4, -0.2) is 23.9 Å². The zero-order chi connectivity index (χ0) is 16.3. The van der Waals surface area contributed by atoms with Gasteiger partial charge in [-0.05, 0) is 19.4 Å². The van der Waals surface area contributed by atoms with Crippen molar-refractivity contribution in [2.75, 3.05) is 7.11 Å². The van der Waals surface area contributed by atoms with E-state index in [1.165, 1.54) is 13.2 Å². The summed E-state index contributed by atoms with van der Waals surface area (Å²) in [5.41, 5.74) is 0.0980. The lowest BCUT2D eigenvalue weighted by Gasteiger charge is -2.30. The molecule has 114 valence electrons. The first-order valence-electron chi connectivity index (χ1n) is 6.94. The number of carbonyl (C=O) groups is 1.